The number of thiocarbonyl (C=S) groups is 1. The quantitative estimate of drug-likeness (QED) is 0.366. The number of aromatic nitrogens is 2. The van der Waals surface area contributed by atoms with Crippen molar-refractivity contribution in [3.63, 3.8) is 0 Å². The maximum atomic E-state index is 13.6. The number of thioether (sulfide) groups is 1. The summed E-state index contributed by atoms with van der Waals surface area (Å²) < 4.78 is 12.8. The van der Waals surface area contributed by atoms with Crippen LogP contribution in [0.25, 0.3) is 11.7 Å². The van der Waals surface area contributed by atoms with Gasteiger partial charge in [-0.3, -0.25) is 18.9 Å². The van der Waals surface area contributed by atoms with E-state index in [0.717, 1.165) is 36.8 Å². The minimum absolute atomic E-state index is 0.189. The van der Waals surface area contributed by atoms with Gasteiger partial charge in [-0.15, -0.1) is 0 Å². The monoisotopic (exact) mass is 534 g/mol. The molecule has 0 radical (unpaired) electrons. The third-order valence-corrected chi connectivity index (χ3v) is 8.26. The van der Waals surface area contributed by atoms with E-state index in [-0.39, 0.29) is 24.3 Å². The van der Waals surface area contributed by atoms with Crippen LogP contribution in [0.5, 0.6) is 11.5 Å². The fraction of sp³-hybridized carbons (Fsp3) is 0.333. The Labute approximate surface area is 223 Å². The zero-order valence-electron chi connectivity index (χ0n) is 20.4. The molecule has 1 aromatic carbocycles. The summed E-state index contributed by atoms with van der Waals surface area (Å²) >= 11 is 6.76. The average Bonchev–Trinajstić information content (AvgIpc) is 3.47. The number of carbonyl (C=O) groups excluding carboxylic acids is 1. The Balaban J connectivity index is 1.35. The molecule has 1 N–H and O–H groups in total. The molecule has 1 saturated carbocycles. The lowest BCUT2D eigenvalue weighted by Gasteiger charge is -2.24. The molecule has 2 fully saturated rings. The van der Waals surface area contributed by atoms with Crippen molar-refractivity contribution in [1.82, 2.24) is 14.3 Å². The number of fused-ring (bicyclic) bond motifs is 2. The standard InChI is InChI=1S/C27H26N4O4S2/c1-16-7-10-23-29-24(28-18-5-3-2-4-6-18)19(25(32)30(23)13-16)12-22-26(33)31(27(36)37-22)14-17-8-9-20-21(11-17)35-15-34-20/h7-13,18,28H,2-6,14-15H2,1H3. The molecule has 1 aliphatic carbocycles. The predicted octanol–water partition coefficient (Wildman–Crippen LogP) is 4.88. The van der Waals surface area contributed by atoms with E-state index in [0.29, 0.717) is 44.3 Å². The fourth-order valence-electron chi connectivity index (χ4n) is 4.93. The minimum Gasteiger partial charge on any atom is -0.454 e. The molecule has 0 bridgehead atoms. The Morgan fingerprint density at radius 1 is 1.14 bits per heavy atom. The molecule has 10 heteroatoms. The fourth-order valence-corrected chi connectivity index (χ4v) is 6.17. The van der Waals surface area contributed by atoms with E-state index >= 15 is 0 Å². The van der Waals surface area contributed by atoms with Gasteiger partial charge in [0.05, 0.1) is 17.0 Å². The zero-order chi connectivity index (χ0) is 25.5. The van der Waals surface area contributed by atoms with Crippen LogP contribution < -0.4 is 20.3 Å². The van der Waals surface area contributed by atoms with Gasteiger partial charge >= 0.3 is 0 Å². The summed E-state index contributed by atoms with van der Waals surface area (Å²) in [6.07, 6.45) is 9.02. The first-order valence-corrected chi connectivity index (χ1v) is 13.6. The maximum Gasteiger partial charge on any atom is 0.267 e. The average molecular weight is 535 g/mol. The predicted molar refractivity (Wildman–Crippen MR) is 148 cm³/mol. The number of nitrogens with zero attached hydrogens (tertiary/aromatic N) is 3. The molecule has 0 unspecified atom stereocenters. The lowest BCUT2D eigenvalue weighted by molar-refractivity contribution is -0.122. The van der Waals surface area contributed by atoms with Crippen LogP contribution in [0.3, 0.4) is 0 Å². The SMILES string of the molecule is Cc1ccc2nc(NC3CCCCC3)c(C=C3SC(=S)N(Cc4ccc5c(c4)OCO5)C3=O)c(=O)n2c1. The van der Waals surface area contributed by atoms with Crippen LogP contribution in [-0.4, -0.2) is 37.3 Å². The molecule has 1 amide bonds. The molecule has 190 valence electrons. The van der Waals surface area contributed by atoms with Crippen molar-refractivity contribution in [3.05, 3.63) is 68.5 Å². The summed E-state index contributed by atoms with van der Waals surface area (Å²) in [5.41, 5.74) is 2.56. The molecule has 8 nitrogen and oxygen atoms in total. The number of rotatable bonds is 5. The molecular weight excluding hydrogens is 508 g/mol. The number of benzene rings is 1. The zero-order valence-corrected chi connectivity index (χ0v) is 22.0. The molecule has 3 aliphatic rings. The lowest BCUT2D eigenvalue weighted by Crippen LogP contribution is -2.28. The molecule has 37 heavy (non-hydrogen) atoms. The Hall–Kier alpha value is -3.37. The van der Waals surface area contributed by atoms with Crippen LogP contribution >= 0.6 is 24.0 Å². The molecule has 3 aromatic rings. The first kappa shape index (κ1) is 24.0. The van der Waals surface area contributed by atoms with Gasteiger partial charge in [0.1, 0.15) is 15.8 Å². The highest BCUT2D eigenvalue weighted by atomic mass is 32.2. The van der Waals surface area contributed by atoms with Crippen molar-refractivity contribution < 1.29 is 14.3 Å². The van der Waals surface area contributed by atoms with Crippen molar-refractivity contribution >= 4 is 51.7 Å². The van der Waals surface area contributed by atoms with E-state index in [1.807, 2.05) is 37.3 Å². The highest BCUT2D eigenvalue weighted by Gasteiger charge is 2.33. The van der Waals surface area contributed by atoms with Crippen molar-refractivity contribution in [3.8, 4) is 11.5 Å². The molecule has 6 rings (SSSR count). The van der Waals surface area contributed by atoms with E-state index in [1.54, 1.807) is 21.6 Å². The second-order valence-electron chi connectivity index (χ2n) is 9.55. The second-order valence-corrected chi connectivity index (χ2v) is 11.2. The van der Waals surface area contributed by atoms with Crippen LogP contribution in [0.2, 0.25) is 0 Å². The Morgan fingerprint density at radius 2 is 1.95 bits per heavy atom. The highest BCUT2D eigenvalue weighted by molar-refractivity contribution is 8.26. The molecule has 2 aromatic heterocycles. The third kappa shape index (κ3) is 4.71. The first-order chi connectivity index (χ1) is 18.0. The van der Waals surface area contributed by atoms with Gasteiger partial charge in [0.15, 0.2) is 11.5 Å². The van der Waals surface area contributed by atoms with Gasteiger partial charge in [-0.1, -0.05) is 55.4 Å². The molecule has 1 saturated heterocycles. The lowest BCUT2D eigenvalue weighted by atomic mass is 9.95. The van der Waals surface area contributed by atoms with Crippen LogP contribution in [0, 0.1) is 6.92 Å². The molecule has 4 heterocycles. The van der Waals surface area contributed by atoms with Crippen molar-refractivity contribution in [2.75, 3.05) is 12.1 Å². The Kier molecular flexibility index (Phi) is 6.37. The van der Waals surface area contributed by atoms with Gasteiger partial charge in [0, 0.05) is 12.2 Å². The molecule has 2 aliphatic heterocycles. The van der Waals surface area contributed by atoms with Gasteiger partial charge in [-0.2, -0.15) is 0 Å². The van der Waals surface area contributed by atoms with Crippen molar-refractivity contribution in [2.45, 2.75) is 51.6 Å². The van der Waals surface area contributed by atoms with Gasteiger partial charge in [0.2, 0.25) is 6.79 Å². The third-order valence-electron chi connectivity index (χ3n) is 6.88. The van der Waals surface area contributed by atoms with E-state index in [2.05, 4.69) is 5.32 Å². The number of amides is 1. The topological polar surface area (TPSA) is 85.2 Å². The number of nitrogens with one attached hydrogen (secondary N) is 1. The Bertz CT molecular complexity index is 1510. The van der Waals surface area contributed by atoms with E-state index < -0.39 is 0 Å². The first-order valence-electron chi connectivity index (χ1n) is 12.4. The van der Waals surface area contributed by atoms with Crippen molar-refractivity contribution in [1.29, 1.82) is 0 Å². The van der Waals surface area contributed by atoms with Gasteiger partial charge < -0.3 is 14.8 Å². The van der Waals surface area contributed by atoms with Gasteiger partial charge in [-0.05, 0) is 55.2 Å². The molecule has 0 atom stereocenters. The summed E-state index contributed by atoms with van der Waals surface area (Å²) in [5, 5.41) is 3.51. The maximum absolute atomic E-state index is 13.6. The number of aryl methyl sites for hydroxylation is 1. The molecule has 0 spiro atoms. The van der Waals surface area contributed by atoms with E-state index in [4.69, 9.17) is 26.7 Å². The van der Waals surface area contributed by atoms with E-state index in [1.165, 1.54) is 18.2 Å². The van der Waals surface area contributed by atoms with E-state index in [9.17, 15) is 9.59 Å². The Morgan fingerprint density at radius 3 is 2.78 bits per heavy atom. The number of hydrogen-bond acceptors (Lipinski definition) is 8. The normalized spacial score (nSPS) is 18.8. The summed E-state index contributed by atoms with van der Waals surface area (Å²) in [6, 6.07) is 9.62. The summed E-state index contributed by atoms with van der Waals surface area (Å²) in [5.74, 6) is 1.63. The van der Waals surface area contributed by atoms with Crippen LogP contribution in [0.1, 0.15) is 48.8 Å². The number of anilines is 1. The second kappa shape index (κ2) is 9.83. The van der Waals surface area contributed by atoms with Gasteiger partial charge in [0.25, 0.3) is 11.5 Å². The number of hydrogen-bond donors (Lipinski definition) is 1. The highest BCUT2D eigenvalue weighted by Crippen LogP contribution is 2.37. The van der Waals surface area contributed by atoms with Crippen molar-refractivity contribution in [2.24, 2.45) is 0 Å². The summed E-state index contributed by atoms with van der Waals surface area (Å²) in [4.78, 5) is 33.8. The van der Waals surface area contributed by atoms with Gasteiger partial charge in [-0.25, -0.2) is 4.98 Å². The van der Waals surface area contributed by atoms with Crippen LogP contribution in [0.15, 0.2) is 46.2 Å². The molecular formula is C27H26N4O4S2. The summed E-state index contributed by atoms with van der Waals surface area (Å²) in [6.45, 7) is 2.43. The minimum atomic E-state index is -0.231. The number of carbonyl (C=O) groups is 1. The number of ether oxygens (including phenoxy) is 2. The smallest absolute Gasteiger partial charge is 0.267 e. The largest absolute Gasteiger partial charge is 0.454 e. The van der Waals surface area contributed by atoms with Crippen LogP contribution in [0.4, 0.5) is 5.82 Å². The summed E-state index contributed by atoms with van der Waals surface area (Å²) in [7, 11) is 0. The van der Waals surface area contributed by atoms with Crippen LogP contribution in [-0.2, 0) is 11.3 Å². The number of pyridine rings is 1.